The molecule has 13 rings (SSSR count). The van der Waals surface area contributed by atoms with Crippen LogP contribution < -0.4 is 0 Å². The normalized spacial score (nSPS) is 13.9. The van der Waals surface area contributed by atoms with E-state index in [9.17, 15) is 0 Å². The molecule has 0 saturated heterocycles. The Balaban J connectivity index is 0.000000134. The molecule has 0 aromatic heterocycles. The first-order valence-electron chi connectivity index (χ1n) is 22.1. The molecule has 0 atom stereocenters. The van der Waals surface area contributed by atoms with E-state index in [2.05, 4.69) is 195 Å². The molecule has 4 aliphatic carbocycles. The third kappa shape index (κ3) is 5.93. The molecular formula is C61H44N2. The zero-order valence-electron chi connectivity index (χ0n) is 35.2. The van der Waals surface area contributed by atoms with Gasteiger partial charge >= 0.3 is 0 Å². The summed E-state index contributed by atoms with van der Waals surface area (Å²) in [5, 5.41) is 0. The molecule has 4 aliphatic rings. The van der Waals surface area contributed by atoms with E-state index in [4.69, 9.17) is 9.98 Å². The Morgan fingerprint density at radius 2 is 0.984 bits per heavy atom. The fraction of sp³-hybridized carbons (Fsp3) is 0.0820. The lowest BCUT2D eigenvalue weighted by molar-refractivity contribution is 0.795. The summed E-state index contributed by atoms with van der Waals surface area (Å²) in [5.41, 5.74) is 26.7. The van der Waals surface area contributed by atoms with Gasteiger partial charge in [-0.2, -0.15) is 0 Å². The lowest BCUT2D eigenvalue weighted by Crippen LogP contribution is -2.26. The van der Waals surface area contributed by atoms with E-state index in [1.165, 1.54) is 100 Å². The van der Waals surface area contributed by atoms with Crippen molar-refractivity contribution >= 4 is 12.1 Å². The van der Waals surface area contributed by atoms with Gasteiger partial charge in [0.1, 0.15) is 0 Å². The van der Waals surface area contributed by atoms with Crippen molar-refractivity contribution in [2.45, 2.75) is 31.7 Å². The van der Waals surface area contributed by atoms with Crippen LogP contribution >= 0.6 is 0 Å². The summed E-state index contributed by atoms with van der Waals surface area (Å²) in [6.45, 7) is 2.71. The van der Waals surface area contributed by atoms with Crippen molar-refractivity contribution < 1.29 is 0 Å². The van der Waals surface area contributed by atoms with Gasteiger partial charge in [-0.05, 0) is 120 Å². The molecule has 2 nitrogen and oxygen atoms in total. The monoisotopic (exact) mass is 804 g/mol. The number of hydrogen-bond acceptors (Lipinski definition) is 1. The van der Waals surface area contributed by atoms with Crippen molar-refractivity contribution in [3.63, 3.8) is 0 Å². The van der Waals surface area contributed by atoms with E-state index in [-0.39, 0.29) is 5.41 Å². The van der Waals surface area contributed by atoms with Crippen molar-refractivity contribution in [2.75, 3.05) is 0 Å². The number of fused-ring (bicyclic) bond motifs is 17. The third-order valence-corrected chi connectivity index (χ3v) is 13.6. The molecule has 0 heterocycles. The van der Waals surface area contributed by atoms with E-state index >= 15 is 0 Å². The Labute approximate surface area is 369 Å². The second-order valence-corrected chi connectivity index (χ2v) is 17.2. The van der Waals surface area contributed by atoms with Gasteiger partial charge in [0.25, 0.3) is 0 Å². The summed E-state index contributed by atoms with van der Waals surface area (Å²) in [4.78, 5) is 9.77. The molecule has 2 heteroatoms. The van der Waals surface area contributed by atoms with Crippen molar-refractivity contribution in [1.29, 1.82) is 0 Å². The number of aliphatic imine (C=N–C) groups is 2. The van der Waals surface area contributed by atoms with Gasteiger partial charge in [0.2, 0.25) is 0 Å². The Morgan fingerprint density at radius 3 is 1.63 bits per heavy atom. The Kier molecular flexibility index (Phi) is 8.86. The SMILES string of the molecule is Cc1cccc(C(N=Cc2cccc3c2-c2ccccc2C3)=NCc2ccccc2)c1.c1ccc2c(c1)Cc1ccc3c(c1-2)C1(c2ccccc2-c2ccccc21)c1ccccc1-3. The largest absolute Gasteiger partial charge is 0.261 e. The number of nitrogens with zero attached hydrogens (tertiary/aromatic N) is 2. The highest BCUT2D eigenvalue weighted by atomic mass is 14.9. The second-order valence-electron chi connectivity index (χ2n) is 17.2. The quantitative estimate of drug-likeness (QED) is 0.125. The van der Waals surface area contributed by atoms with Gasteiger partial charge in [0.15, 0.2) is 5.84 Å². The van der Waals surface area contributed by atoms with Crippen LogP contribution in [0.25, 0.3) is 44.5 Å². The van der Waals surface area contributed by atoms with Crippen molar-refractivity contribution in [1.82, 2.24) is 0 Å². The van der Waals surface area contributed by atoms with E-state index in [0.29, 0.717) is 6.54 Å². The summed E-state index contributed by atoms with van der Waals surface area (Å²) >= 11 is 0. The highest BCUT2D eigenvalue weighted by Crippen LogP contribution is 2.65. The van der Waals surface area contributed by atoms with Gasteiger partial charge in [-0.3, -0.25) is 4.99 Å². The highest BCUT2D eigenvalue weighted by Gasteiger charge is 2.53. The third-order valence-electron chi connectivity index (χ3n) is 13.6. The molecule has 298 valence electrons. The number of amidine groups is 1. The van der Waals surface area contributed by atoms with E-state index < -0.39 is 0 Å². The molecule has 63 heavy (non-hydrogen) atoms. The minimum absolute atomic E-state index is 0.262. The van der Waals surface area contributed by atoms with Crippen LogP contribution in [0, 0.1) is 6.92 Å². The van der Waals surface area contributed by atoms with Crippen LogP contribution in [0.15, 0.2) is 216 Å². The average Bonchev–Trinajstić information content (AvgIpc) is 4.07. The van der Waals surface area contributed by atoms with E-state index in [0.717, 1.165) is 29.8 Å². The highest BCUT2D eigenvalue weighted by molar-refractivity contribution is 6.07. The van der Waals surface area contributed by atoms with Crippen LogP contribution in [0.2, 0.25) is 0 Å². The summed E-state index contributed by atoms with van der Waals surface area (Å²) in [6.07, 6.45) is 3.99. The molecule has 0 saturated carbocycles. The fourth-order valence-corrected chi connectivity index (χ4v) is 11.0. The molecule has 0 bridgehead atoms. The zero-order valence-corrected chi connectivity index (χ0v) is 35.2. The number of benzene rings is 9. The Bertz CT molecular complexity index is 3270. The predicted molar refractivity (Wildman–Crippen MR) is 261 cm³/mol. The summed E-state index contributed by atoms with van der Waals surface area (Å²) in [5.74, 6) is 0.761. The van der Waals surface area contributed by atoms with Gasteiger partial charge in [-0.15, -0.1) is 0 Å². The number of hydrogen-bond donors (Lipinski definition) is 0. The lowest BCUT2D eigenvalue weighted by atomic mass is 9.68. The minimum atomic E-state index is -0.262. The van der Waals surface area contributed by atoms with Crippen LogP contribution in [0.3, 0.4) is 0 Å². The van der Waals surface area contributed by atoms with E-state index in [1.807, 2.05) is 24.4 Å². The molecule has 0 radical (unpaired) electrons. The van der Waals surface area contributed by atoms with Crippen LogP contribution in [0.5, 0.6) is 0 Å². The maximum atomic E-state index is 4.90. The zero-order chi connectivity index (χ0) is 41.9. The maximum absolute atomic E-state index is 4.90. The summed E-state index contributed by atoms with van der Waals surface area (Å²) < 4.78 is 0. The van der Waals surface area contributed by atoms with E-state index in [1.54, 1.807) is 0 Å². The van der Waals surface area contributed by atoms with Gasteiger partial charge in [0, 0.05) is 17.3 Å². The van der Waals surface area contributed by atoms with Crippen molar-refractivity contribution in [3.05, 3.63) is 273 Å². The summed E-state index contributed by atoms with van der Waals surface area (Å²) in [7, 11) is 0. The van der Waals surface area contributed by atoms with Gasteiger partial charge in [-0.25, -0.2) is 4.99 Å². The van der Waals surface area contributed by atoms with Crippen LogP contribution in [-0.4, -0.2) is 12.1 Å². The van der Waals surface area contributed by atoms with Gasteiger partial charge in [-0.1, -0.05) is 206 Å². The molecule has 9 aromatic carbocycles. The molecular weight excluding hydrogens is 761 g/mol. The summed E-state index contributed by atoms with van der Waals surface area (Å²) in [6, 6.07) is 74.8. The lowest BCUT2D eigenvalue weighted by Gasteiger charge is -2.32. The fourth-order valence-electron chi connectivity index (χ4n) is 11.0. The van der Waals surface area contributed by atoms with Crippen LogP contribution in [-0.2, 0) is 24.8 Å². The Morgan fingerprint density at radius 1 is 0.460 bits per heavy atom. The first-order chi connectivity index (χ1) is 31.2. The first kappa shape index (κ1) is 37.1. The predicted octanol–water partition coefficient (Wildman–Crippen LogP) is 14.2. The molecule has 1 spiro atoms. The Hall–Kier alpha value is -7.68. The molecule has 0 aliphatic heterocycles. The maximum Gasteiger partial charge on any atom is 0.154 e. The molecule has 0 unspecified atom stereocenters. The van der Waals surface area contributed by atoms with Crippen molar-refractivity contribution in [2.24, 2.45) is 9.98 Å². The number of aryl methyl sites for hydroxylation is 1. The molecule has 0 fully saturated rings. The number of rotatable bonds is 4. The average molecular weight is 805 g/mol. The topological polar surface area (TPSA) is 24.7 Å². The van der Waals surface area contributed by atoms with Crippen LogP contribution in [0.4, 0.5) is 0 Å². The molecule has 0 amide bonds. The first-order valence-corrected chi connectivity index (χ1v) is 22.1. The van der Waals surface area contributed by atoms with Crippen LogP contribution in [0.1, 0.15) is 66.8 Å². The standard InChI is InChI=1S/C32H20.C29H24N2/c1-2-10-22-20(9-1)19-21-17-18-26-25-13-5-8-16-29(25)32(31(26)30(21)22)27-14-6-3-11-23(27)24-12-4-7-15-28(24)32;1-21-9-7-14-25(17-21)29(30-19-22-10-3-2-4-11-22)31-20-26-15-8-13-24-18-23-12-5-6-16-27(23)28(24)26/h1-18H,19H2;2-17,20H,18-19H2,1H3. The minimum Gasteiger partial charge on any atom is -0.261 e. The molecule has 9 aromatic rings. The molecule has 0 N–H and O–H groups in total. The van der Waals surface area contributed by atoms with Gasteiger partial charge < -0.3 is 0 Å². The van der Waals surface area contributed by atoms with Crippen molar-refractivity contribution in [3.8, 4) is 44.5 Å². The smallest absolute Gasteiger partial charge is 0.154 e. The second kappa shape index (κ2) is 15.0. The van der Waals surface area contributed by atoms with Gasteiger partial charge in [0.05, 0.1) is 12.0 Å².